The highest BCUT2D eigenvalue weighted by Crippen LogP contribution is 2.28. The van der Waals surface area contributed by atoms with Gasteiger partial charge < -0.3 is 15.4 Å². The maximum atomic E-state index is 12.5. The Morgan fingerprint density at radius 3 is 2.55 bits per heavy atom. The van der Waals surface area contributed by atoms with Crippen molar-refractivity contribution in [2.45, 2.75) is 6.92 Å². The minimum atomic E-state index is -0.160. The molecule has 0 spiro atoms. The molecule has 2 N–H and O–H groups in total. The Hall–Kier alpha value is -2.49. The van der Waals surface area contributed by atoms with E-state index in [1.54, 1.807) is 31.2 Å². The Morgan fingerprint density at radius 1 is 1.20 bits per heavy atom. The number of para-hydroxylation sites is 2. The zero-order chi connectivity index (χ0) is 14.7. The Kier molecular flexibility index (Phi) is 3.94. The summed E-state index contributed by atoms with van der Waals surface area (Å²) in [7, 11) is 3.29. The molecular weight excluding hydrogens is 252 g/mol. The number of rotatable bonds is 3. The van der Waals surface area contributed by atoms with Crippen LogP contribution in [0.5, 0.6) is 5.75 Å². The minimum Gasteiger partial charge on any atom is -0.495 e. The van der Waals surface area contributed by atoms with Gasteiger partial charge in [-0.15, -0.1) is 0 Å². The van der Waals surface area contributed by atoms with Gasteiger partial charge in [-0.2, -0.15) is 0 Å². The van der Waals surface area contributed by atoms with Gasteiger partial charge in [-0.05, 0) is 36.8 Å². The maximum Gasteiger partial charge on any atom is 0.260 e. The zero-order valence-electron chi connectivity index (χ0n) is 11.9. The standard InChI is InChI=1S/C16H18N2O2/c1-11-8-9-12(13(17)10-11)16(19)18(2)14-6-4-5-7-15(14)20-3/h4-10H,17H2,1-3H3. The Bertz CT molecular complexity index is 638. The fraction of sp³-hybridized carbons (Fsp3) is 0.188. The van der Waals surface area contributed by atoms with Crippen LogP contribution in [-0.4, -0.2) is 20.1 Å². The lowest BCUT2D eigenvalue weighted by Gasteiger charge is -2.20. The molecule has 0 bridgehead atoms. The Labute approximate surface area is 118 Å². The van der Waals surface area contributed by atoms with Crippen LogP contribution in [0, 0.1) is 6.92 Å². The molecule has 20 heavy (non-hydrogen) atoms. The van der Waals surface area contributed by atoms with Crippen molar-refractivity contribution in [2.24, 2.45) is 0 Å². The SMILES string of the molecule is COc1ccccc1N(C)C(=O)c1ccc(C)cc1N. The summed E-state index contributed by atoms with van der Waals surface area (Å²) in [6.45, 7) is 1.94. The highest BCUT2D eigenvalue weighted by atomic mass is 16.5. The number of anilines is 2. The van der Waals surface area contributed by atoms with Gasteiger partial charge in [-0.1, -0.05) is 18.2 Å². The van der Waals surface area contributed by atoms with Crippen molar-refractivity contribution in [3.63, 3.8) is 0 Å². The molecule has 0 aromatic heterocycles. The summed E-state index contributed by atoms with van der Waals surface area (Å²) >= 11 is 0. The number of nitrogen functional groups attached to an aromatic ring is 1. The molecule has 2 aromatic rings. The Balaban J connectivity index is 2.37. The highest BCUT2D eigenvalue weighted by molar-refractivity contribution is 6.09. The number of amides is 1. The second-order valence-electron chi connectivity index (χ2n) is 4.63. The van der Waals surface area contributed by atoms with Crippen molar-refractivity contribution < 1.29 is 9.53 Å². The number of methoxy groups -OCH3 is 1. The fourth-order valence-corrected chi connectivity index (χ4v) is 2.07. The molecule has 0 saturated heterocycles. The topological polar surface area (TPSA) is 55.6 Å². The van der Waals surface area contributed by atoms with E-state index >= 15 is 0 Å². The molecule has 0 aliphatic rings. The summed E-state index contributed by atoms with van der Waals surface area (Å²) in [6.07, 6.45) is 0. The number of hydrogen-bond donors (Lipinski definition) is 1. The molecule has 4 heteroatoms. The number of hydrogen-bond acceptors (Lipinski definition) is 3. The van der Waals surface area contributed by atoms with Crippen LogP contribution < -0.4 is 15.4 Å². The predicted octanol–water partition coefficient (Wildman–Crippen LogP) is 2.86. The lowest BCUT2D eigenvalue weighted by atomic mass is 10.1. The number of carbonyl (C=O) groups is 1. The van der Waals surface area contributed by atoms with Crippen LogP contribution in [0.15, 0.2) is 42.5 Å². The van der Waals surface area contributed by atoms with Gasteiger partial charge in [0, 0.05) is 12.7 Å². The summed E-state index contributed by atoms with van der Waals surface area (Å²) in [5.74, 6) is 0.487. The lowest BCUT2D eigenvalue weighted by Crippen LogP contribution is -2.27. The molecule has 2 aromatic carbocycles. The minimum absolute atomic E-state index is 0.160. The summed E-state index contributed by atoms with van der Waals surface area (Å²) < 4.78 is 5.28. The van der Waals surface area contributed by atoms with Crippen molar-refractivity contribution in [3.8, 4) is 5.75 Å². The average molecular weight is 270 g/mol. The van der Waals surface area contributed by atoms with Crippen LogP contribution in [0.1, 0.15) is 15.9 Å². The van der Waals surface area contributed by atoms with Gasteiger partial charge in [0.15, 0.2) is 0 Å². The number of carbonyl (C=O) groups excluding carboxylic acids is 1. The molecular formula is C16H18N2O2. The fourth-order valence-electron chi connectivity index (χ4n) is 2.07. The number of ether oxygens (including phenoxy) is 1. The first-order valence-corrected chi connectivity index (χ1v) is 6.31. The smallest absolute Gasteiger partial charge is 0.260 e. The summed E-state index contributed by atoms with van der Waals surface area (Å²) in [6, 6.07) is 12.8. The molecule has 4 nitrogen and oxygen atoms in total. The molecule has 0 aliphatic carbocycles. The summed E-state index contributed by atoms with van der Waals surface area (Å²) in [5.41, 5.74) is 8.64. The van der Waals surface area contributed by atoms with Crippen LogP contribution in [0.4, 0.5) is 11.4 Å². The van der Waals surface area contributed by atoms with Gasteiger partial charge >= 0.3 is 0 Å². The highest BCUT2D eigenvalue weighted by Gasteiger charge is 2.18. The molecule has 0 heterocycles. The first-order valence-electron chi connectivity index (χ1n) is 6.31. The molecule has 2 rings (SSSR count). The molecule has 0 saturated carbocycles. The van der Waals surface area contributed by atoms with E-state index in [0.29, 0.717) is 22.7 Å². The monoisotopic (exact) mass is 270 g/mol. The van der Waals surface area contributed by atoms with E-state index in [4.69, 9.17) is 10.5 Å². The number of nitrogens with two attached hydrogens (primary N) is 1. The van der Waals surface area contributed by atoms with Gasteiger partial charge in [-0.25, -0.2) is 0 Å². The van der Waals surface area contributed by atoms with Gasteiger partial charge in [0.25, 0.3) is 5.91 Å². The molecule has 0 radical (unpaired) electrons. The number of aryl methyl sites for hydroxylation is 1. The second-order valence-corrected chi connectivity index (χ2v) is 4.63. The van der Waals surface area contributed by atoms with E-state index in [1.165, 1.54) is 0 Å². The summed E-state index contributed by atoms with van der Waals surface area (Å²) in [4.78, 5) is 14.1. The van der Waals surface area contributed by atoms with Gasteiger partial charge in [0.05, 0.1) is 18.4 Å². The van der Waals surface area contributed by atoms with Crippen molar-refractivity contribution in [1.29, 1.82) is 0 Å². The third kappa shape index (κ3) is 2.59. The predicted molar refractivity (Wildman–Crippen MR) is 81.3 cm³/mol. The lowest BCUT2D eigenvalue weighted by molar-refractivity contribution is 0.0993. The van der Waals surface area contributed by atoms with Crippen molar-refractivity contribution in [3.05, 3.63) is 53.6 Å². The third-order valence-electron chi connectivity index (χ3n) is 3.19. The van der Waals surface area contributed by atoms with E-state index in [9.17, 15) is 4.79 Å². The third-order valence-corrected chi connectivity index (χ3v) is 3.19. The molecule has 0 aliphatic heterocycles. The van der Waals surface area contributed by atoms with Crippen LogP contribution in [0.2, 0.25) is 0 Å². The molecule has 0 fully saturated rings. The van der Waals surface area contributed by atoms with E-state index in [-0.39, 0.29) is 5.91 Å². The zero-order valence-corrected chi connectivity index (χ0v) is 11.9. The number of benzene rings is 2. The quantitative estimate of drug-likeness (QED) is 0.872. The first kappa shape index (κ1) is 13.9. The first-order chi connectivity index (χ1) is 9.54. The van der Waals surface area contributed by atoms with E-state index in [1.807, 2.05) is 37.3 Å². The van der Waals surface area contributed by atoms with Crippen molar-refractivity contribution in [2.75, 3.05) is 24.8 Å². The van der Waals surface area contributed by atoms with Gasteiger partial charge in [0.2, 0.25) is 0 Å². The maximum absolute atomic E-state index is 12.5. The van der Waals surface area contributed by atoms with Gasteiger partial charge in [0.1, 0.15) is 5.75 Å². The molecule has 104 valence electrons. The van der Waals surface area contributed by atoms with E-state index in [2.05, 4.69) is 0 Å². The summed E-state index contributed by atoms with van der Waals surface area (Å²) in [5, 5.41) is 0. The largest absolute Gasteiger partial charge is 0.495 e. The van der Waals surface area contributed by atoms with E-state index in [0.717, 1.165) is 5.56 Å². The van der Waals surface area contributed by atoms with Crippen LogP contribution in [0.3, 0.4) is 0 Å². The van der Waals surface area contributed by atoms with Crippen LogP contribution in [-0.2, 0) is 0 Å². The van der Waals surface area contributed by atoms with Gasteiger partial charge in [-0.3, -0.25) is 4.79 Å². The number of nitrogens with zero attached hydrogens (tertiary/aromatic N) is 1. The average Bonchev–Trinajstić information content (AvgIpc) is 2.45. The normalized spacial score (nSPS) is 10.2. The van der Waals surface area contributed by atoms with E-state index < -0.39 is 0 Å². The second kappa shape index (κ2) is 5.65. The van der Waals surface area contributed by atoms with Crippen molar-refractivity contribution in [1.82, 2.24) is 0 Å². The van der Waals surface area contributed by atoms with Crippen LogP contribution in [0.25, 0.3) is 0 Å². The molecule has 0 atom stereocenters. The van der Waals surface area contributed by atoms with Crippen LogP contribution >= 0.6 is 0 Å². The molecule has 0 unspecified atom stereocenters. The van der Waals surface area contributed by atoms with Crippen molar-refractivity contribution >= 4 is 17.3 Å². The molecule has 1 amide bonds. The Morgan fingerprint density at radius 2 is 1.90 bits per heavy atom.